The molecule has 2 saturated heterocycles. The normalized spacial score (nSPS) is 25.9. The molecule has 0 unspecified atom stereocenters. The van der Waals surface area contributed by atoms with Crippen LogP contribution in [-0.4, -0.2) is 77.5 Å². The van der Waals surface area contributed by atoms with Crippen molar-refractivity contribution in [1.82, 2.24) is 9.62 Å². The Hall–Kier alpha value is -1.52. The van der Waals surface area contributed by atoms with Crippen LogP contribution in [0, 0.1) is 0 Å². The lowest BCUT2D eigenvalue weighted by molar-refractivity contribution is -0.138. The molecule has 0 saturated carbocycles. The van der Waals surface area contributed by atoms with Gasteiger partial charge in [0.15, 0.2) is 0 Å². The number of ether oxygens (including phenoxy) is 3. The molecule has 0 aliphatic carbocycles. The highest BCUT2D eigenvalue weighted by molar-refractivity contribution is 7.89. The van der Waals surface area contributed by atoms with E-state index in [-0.39, 0.29) is 30.1 Å². The first-order valence-electron chi connectivity index (χ1n) is 8.99. The largest absolute Gasteiger partial charge is 0.383 e. The van der Waals surface area contributed by atoms with Gasteiger partial charge in [0.05, 0.1) is 30.8 Å². The van der Waals surface area contributed by atoms with E-state index < -0.39 is 15.6 Å². The average molecular weight is 398 g/mol. The van der Waals surface area contributed by atoms with Gasteiger partial charge < -0.3 is 19.1 Å². The molecule has 2 heterocycles. The number of carbonyl (C=O) groups excluding carboxylic acids is 1. The maximum absolute atomic E-state index is 13.0. The van der Waals surface area contributed by atoms with E-state index in [4.69, 9.17) is 14.2 Å². The fourth-order valence-corrected chi connectivity index (χ4v) is 4.58. The Morgan fingerprint density at radius 3 is 2.96 bits per heavy atom. The van der Waals surface area contributed by atoms with Crippen molar-refractivity contribution in [3.63, 3.8) is 0 Å². The molecule has 0 radical (unpaired) electrons. The molecular formula is C18H26N2O6S. The van der Waals surface area contributed by atoms with Crippen LogP contribution < -0.4 is 4.72 Å². The fourth-order valence-electron chi connectivity index (χ4n) is 3.53. The molecule has 2 aliphatic heterocycles. The quantitative estimate of drug-likeness (QED) is 0.707. The van der Waals surface area contributed by atoms with Gasteiger partial charge in [0.1, 0.15) is 5.60 Å². The smallest absolute Gasteiger partial charge is 0.254 e. The monoisotopic (exact) mass is 398 g/mol. The van der Waals surface area contributed by atoms with E-state index in [2.05, 4.69) is 4.72 Å². The van der Waals surface area contributed by atoms with E-state index in [0.29, 0.717) is 31.9 Å². The van der Waals surface area contributed by atoms with Gasteiger partial charge in [0, 0.05) is 38.8 Å². The molecule has 1 N–H and O–H groups in total. The first-order chi connectivity index (χ1) is 12.9. The zero-order chi connectivity index (χ0) is 19.5. The number of hydrogen-bond donors (Lipinski definition) is 1. The van der Waals surface area contributed by atoms with Crippen LogP contribution in [0.25, 0.3) is 0 Å². The third-order valence-electron chi connectivity index (χ3n) is 4.75. The number of morpholine rings is 1. The fraction of sp³-hybridized carbons (Fsp3) is 0.611. The van der Waals surface area contributed by atoms with Crippen molar-refractivity contribution in [2.75, 3.05) is 46.6 Å². The van der Waals surface area contributed by atoms with E-state index >= 15 is 0 Å². The summed E-state index contributed by atoms with van der Waals surface area (Å²) in [5.74, 6) is -0.203. The molecule has 8 nitrogen and oxygen atoms in total. The van der Waals surface area contributed by atoms with E-state index in [0.717, 1.165) is 6.42 Å². The van der Waals surface area contributed by atoms with Crippen molar-refractivity contribution >= 4 is 15.9 Å². The number of benzene rings is 1. The summed E-state index contributed by atoms with van der Waals surface area (Å²) in [4.78, 5) is 14.8. The summed E-state index contributed by atoms with van der Waals surface area (Å²) in [7, 11) is -2.20. The Morgan fingerprint density at radius 1 is 1.44 bits per heavy atom. The molecule has 3 rings (SSSR count). The summed E-state index contributed by atoms with van der Waals surface area (Å²) in [6.07, 6.45) is 0.644. The Bertz CT molecular complexity index is 776. The van der Waals surface area contributed by atoms with Crippen molar-refractivity contribution in [3.05, 3.63) is 29.8 Å². The van der Waals surface area contributed by atoms with Gasteiger partial charge in [0.25, 0.3) is 5.91 Å². The Morgan fingerprint density at radius 2 is 2.26 bits per heavy atom. The van der Waals surface area contributed by atoms with Crippen LogP contribution in [-0.2, 0) is 24.2 Å². The zero-order valence-corrected chi connectivity index (χ0v) is 16.5. The van der Waals surface area contributed by atoms with Crippen LogP contribution in [0.3, 0.4) is 0 Å². The first-order valence-corrected chi connectivity index (χ1v) is 10.5. The lowest BCUT2D eigenvalue weighted by atomic mass is 9.98. The molecule has 2 fully saturated rings. The number of sulfonamides is 1. The van der Waals surface area contributed by atoms with Crippen LogP contribution in [0.5, 0.6) is 0 Å². The third-order valence-corrected chi connectivity index (χ3v) is 6.21. The van der Waals surface area contributed by atoms with Crippen LogP contribution >= 0.6 is 0 Å². The highest BCUT2D eigenvalue weighted by atomic mass is 32.2. The maximum atomic E-state index is 13.0. The summed E-state index contributed by atoms with van der Waals surface area (Å²) in [5.41, 5.74) is -0.119. The van der Waals surface area contributed by atoms with Crippen LogP contribution in [0.2, 0.25) is 0 Å². The van der Waals surface area contributed by atoms with Gasteiger partial charge in [-0.2, -0.15) is 0 Å². The van der Waals surface area contributed by atoms with Crippen molar-refractivity contribution in [2.45, 2.75) is 29.9 Å². The van der Waals surface area contributed by atoms with Gasteiger partial charge in [-0.25, -0.2) is 13.1 Å². The number of nitrogens with one attached hydrogen (secondary N) is 1. The van der Waals surface area contributed by atoms with Crippen molar-refractivity contribution in [3.8, 4) is 0 Å². The molecule has 0 aromatic heterocycles. The standard InChI is InChI=1S/C18H26N2O6S/c1-14-11-20(12-18(26-14)6-8-25-13-18)17(21)15-4-3-5-16(10-15)27(22,23)19-7-9-24-2/h3-5,10,14,19H,6-9,11-13H2,1-2H3/t14-,18+/m1/s1. The van der Waals surface area contributed by atoms with E-state index in [1.165, 1.54) is 19.2 Å². The lowest BCUT2D eigenvalue weighted by Gasteiger charge is -2.42. The molecule has 1 aromatic rings. The molecule has 9 heteroatoms. The van der Waals surface area contributed by atoms with Crippen LogP contribution in [0.1, 0.15) is 23.7 Å². The SMILES string of the molecule is COCCNS(=O)(=O)c1cccc(C(=O)N2C[C@@H](C)O[C@@]3(CCOC3)C2)c1. The second-order valence-corrected chi connectivity index (χ2v) is 8.79. The number of carbonyl (C=O) groups is 1. The molecule has 2 aliphatic rings. The molecule has 150 valence electrons. The van der Waals surface area contributed by atoms with Gasteiger partial charge in [-0.1, -0.05) is 6.07 Å². The highest BCUT2D eigenvalue weighted by Gasteiger charge is 2.44. The predicted octanol–water partition coefficient (Wildman–Crippen LogP) is 0.631. The van der Waals surface area contributed by atoms with Crippen molar-refractivity contribution in [2.24, 2.45) is 0 Å². The molecule has 1 amide bonds. The van der Waals surface area contributed by atoms with Crippen LogP contribution in [0.15, 0.2) is 29.2 Å². The number of methoxy groups -OCH3 is 1. The van der Waals surface area contributed by atoms with Gasteiger partial charge >= 0.3 is 0 Å². The second kappa shape index (κ2) is 8.24. The van der Waals surface area contributed by atoms with Crippen LogP contribution in [0.4, 0.5) is 0 Å². The Balaban J connectivity index is 1.77. The molecule has 0 bridgehead atoms. The van der Waals surface area contributed by atoms with E-state index in [1.807, 2.05) is 6.92 Å². The minimum absolute atomic E-state index is 0.0599. The lowest BCUT2D eigenvalue weighted by Crippen LogP contribution is -2.57. The van der Waals surface area contributed by atoms with E-state index in [9.17, 15) is 13.2 Å². The van der Waals surface area contributed by atoms with Gasteiger partial charge in [-0.05, 0) is 25.1 Å². The van der Waals surface area contributed by atoms with Gasteiger partial charge in [-0.15, -0.1) is 0 Å². The Kier molecular flexibility index (Phi) is 6.17. The third kappa shape index (κ3) is 4.67. The minimum Gasteiger partial charge on any atom is -0.383 e. The summed E-state index contributed by atoms with van der Waals surface area (Å²) in [5, 5.41) is 0. The van der Waals surface area contributed by atoms with Gasteiger partial charge in [0.2, 0.25) is 10.0 Å². The summed E-state index contributed by atoms with van der Waals surface area (Å²) in [6, 6.07) is 6.10. The van der Waals surface area contributed by atoms with E-state index in [1.54, 1.807) is 17.0 Å². The second-order valence-electron chi connectivity index (χ2n) is 7.02. The minimum atomic E-state index is -3.70. The predicted molar refractivity (Wildman–Crippen MR) is 98.1 cm³/mol. The topological polar surface area (TPSA) is 94.2 Å². The zero-order valence-electron chi connectivity index (χ0n) is 15.6. The highest BCUT2D eigenvalue weighted by Crippen LogP contribution is 2.30. The number of rotatable bonds is 6. The molecule has 1 spiro atoms. The number of amides is 1. The van der Waals surface area contributed by atoms with Crippen molar-refractivity contribution in [1.29, 1.82) is 0 Å². The number of hydrogen-bond acceptors (Lipinski definition) is 6. The molecular weight excluding hydrogens is 372 g/mol. The molecule has 2 atom stereocenters. The summed E-state index contributed by atoms with van der Waals surface area (Å²) < 4.78 is 43.6. The maximum Gasteiger partial charge on any atom is 0.254 e. The summed E-state index contributed by atoms with van der Waals surface area (Å²) >= 11 is 0. The average Bonchev–Trinajstić information content (AvgIpc) is 3.08. The Labute approximate surface area is 159 Å². The molecule has 1 aromatic carbocycles. The number of nitrogens with zero attached hydrogens (tertiary/aromatic N) is 1. The summed E-state index contributed by atoms with van der Waals surface area (Å²) in [6.45, 7) is 4.37. The van der Waals surface area contributed by atoms with Gasteiger partial charge in [-0.3, -0.25) is 4.79 Å². The first kappa shape index (κ1) is 20.2. The van der Waals surface area contributed by atoms with Crippen molar-refractivity contribution < 1.29 is 27.4 Å². The molecule has 27 heavy (non-hydrogen) atoms.